The molecule has 5 nitrogen and oxygen atoms in total. The number of nitrogens with zero attached hydrogens (tertiary/aromatic N) is 1. The summed E-state index contributed by atoms with van der Waals surface area (Å²) in [5, 5.41) is 10.2. The Morgan fingerprint density at radius 3 is 2.27 bits per heavy atom. The minimum Gasteiger partial charge on any atom is -0.481 e. The van der Waals surface area contributed by atoms with E-state index in [4.69, 9.17) is 0 Å². The highest BCUT2D eigenvalue weighted by atomic mass is 32.2. The fourth-order valence-corrected chi connectivity index (χ4v) is 9.24. The zero-order chi connectivity index (χ0) is 26.7. The normalized spacial score (nSPS) is 25.1. The lowest BCUT2D eigenvalue weighted by molar-refractivity contribution is -0.142. The average molecular weight is 542 g/mol. The molecule has 4 atom stereocenters. The molecule has 200 valence electrons. The largest absolute Gasteiger partial charge is 0.481 e. The number of carbonyl (C=O) groups is 1. The van der Waals surface area contributed by atoms with Crippen LogP contribution in [0.25, 0.3) is 0 Å². The van der Waals surface area contributed by atoms with Gasteiger partial charge in [-0.1, -0.05) is 87.6 Å². The molecule has 7 heteroatoms. The fraction of sp³-hybridized carbons (Fsp3) is 0.500. The molecule has 2 aromatic carbocycles. The Morgan fingerprint density at radius 2 is 1.73 bits per heavy atom. The van der Waals surface area contributed by atoms with E-state index < -0.39 is 34.0 Å². The van der Waals surface area contributed by atoms with E-state index in [1.165, 1.54) is 11.8 Å². The first-order valence-electron chi connectivity index (χ1n) is 13.3. The number of sulfonamides is 1. The number of carboxylic acid groups (broad SMARTS) is 1. The topological polar surface area (TPSA) is 74.7 Å². The van der Waals surface area contributed by atoms with Crippen LogP contribution >= 0.6 is 11.8 Å². The Hall–Kier alpha value is -2.09. The molecule has 1 aliphatic heterocycles. The maximum atomic E-state index is 14.4. The van der Waals surface area contributed by atoms with Crippen LogP contribution in [0.3, 0.4) is 0 Å². The Morgan fingerprint density at radius 1 is 1.11 bits per heavy atom. The molecule has 1 saturated carbocycles. The van der Waals surface area contributed by atoms with Crippen LogP contribution in [-0.4, -0.2) is 40.8 Å². The van der Waals surface area contributed by atoms with Gasteiger partial charge in [0, 0.05) is 17.0 Å². The molecule has 1 saturated heterocycles. The molecule has 2 aromatic rings. The minimum atomic E-state index is -3.96. The first-order valence-corrected chi connectivity index (χ1v) is 15.8. The summed E-state index contributed by atoms with van der Waals surface area (Å²) >= 11 is 1.53. The highest BCUT2D eigenvalue weighted by Gasteiger charge is 2.57. The maximum Gasteiger partial charge on any atom is 0.309 e. The van der Waals surface area contributed by atoms with Crippen LogP contribution in [0.5, 0.6) is 0 Å². The molecule has 1 heterocycles. The van der Waals surface area contributed by atoms with Crippen molar-refractivity contribution < 1.29 is 18.3 Å². The molecule has 0 radical (unpaired) electrons. The van der Waals surface area contributed by atoms with Gasteiger partial charge in [0.15, 0.2) is 0 Å². The third-order valence-electron chi connectivity index (χ3n) is 7.96. The Balaban J connectivity index is 1.89. The Labute approximate surface area is 226 Å². The highest BCUT2D eigenvalue weighted by molar-refractivity contribution is 8.00. The predicted octanol–water partition coefficient (Wildman–Crippen LogP) is 6.80. The summed E-state index contributed by atoms with van der Waals surface area (Å²) in [4.78, 5) is 13.1. The van der Waals surface area contributed by atoms with Gasteiger partial charge in [-0.15, -0.1) is 6.58 Å². The summed E-state index contributed by atoms with van der Waals surface area (Å²) in [5.41, 5.74) is 2.86. The molecule has 0 bridgehead atoms. The number of carboxylic acids is 1. The second-order valence-electron chi connectivity index (χ2n) is 10.8. The average Bonchev–Trinajstić information content (AvgIpc) is 3.49. The standard InChI is InChI=1S/C30H39NO4S2/c1-5-18-36-29-26(19-22-8-6-7-9-22)31(37(34,35)25-16-10-21(4)11-17-25)28(27(29)30(32)33)24-14-12-23(13-15-24)20(2)3/h5,10-17,20,22,26-29H,1,6-9,18-19H2,2-4H3,(H,32,33)/t26-,27+,28+,29-/m1/s1. The SMILES string of the molecule is C=CCS[C@H]1[C@@H](C(=O)O)[C@H](c2ccc(C(C)C)cc2)N(S(=O)(=O)c2ccc(C)cc2)[C@@H]1CC1CCCC1. The number of aliphatic carboxylic acids is 1. The monoisotopic (exact) mass is 541 g/mol. The van der Waals surface area contributed by atoms with E-state index in [0.717, 1.165) is 42.4 Å². The lowest BCUT2D eigenvalue weighted by Crippen LogP contribution is -2.41. The lowest BCUT2D eigenvalue weighted by Gasteiger charge is -2.32. The minimum absolute atomic E-state index is 0.219. The molecule has 2 fully saturated rings. The van der Waals surface area contributed by atoms with E-state index in [-0.39, 0.29) is 10.1 Å². The van der Waals surface area contributed by atoms with Crippen molar-refractivity contribution in [1.82, 2.24) is 4.31 Å². The van der Waals surface area contributed by atoms with Crippen LogP contribution in [0.4, 0.5) is 0 Å². The van der Waals surface area contributed by atoms with Crippen molar-refractivity contribution >= 4 is 27.8 Å². The third kappa shape index (κ3) is 5.84. The molecule has 0 unspecified atom stereocenters. The van der Waals surface area contributed by atoms with Gasteiger partial charge in [-0.05, 0) is 48.4 Å². The second kappa shape index (κ2) is 11.7. The summed E-state index contributed by atoms with van der Waals surface area (Å²) < 4.78 is 30.3. The van der Waals surface area contributed by atoms with Gasteiger partial charge in [0.05, 0.1) is 16.9 Å². The maximum absolute atomic E-state index is 14.4. The van der Waals surface area contributed by atoms with Crippen LogP contribution in [-0.2, 0) is 14.8 Å². The molecular formula is C30H39NO4S2. The smallest absolute Gasteiger partial charge is 0.309 e. The van der Waals surface area contributed by atoms with Crippen molar-refractivity contribution in [3.63, 3.8) is 0 Å². The number of aryl methyl sites for hydroxylation is 1. The van der Waals surface area contributed by atoms with Crippen LogP contribution in [0.1, 0.15) is 74.6 Å². The Kier molecular flexibility index (Phi) is 8.87. The summed E-state index contributed by atoms with van der Waals surface area (Å²) in [5.74, 6) is -0.498. The molecule has 0 aromatic heterocycles. The highest BCUT2D eigenvalue weighted by Crippen LogP contribution is 2.51. The Bertz CT molecular complexity index is 1190. The van der Waals surface area contributed by atoms with Gasteiger partial charge in [0.25, 0.3) is 0 Å². The van der Waals surface area contributed by atoms with E-state index in [1.54, 1.807) is 34.6 Å². The molecular weight excluding hydrogens is 502 g/mol. The number of thioether (sulfide) groups is 1. The van der Waals surface area contributed by atoms with E-state index in [0.29, 0.717) is 24.0 Å². The van der Waals surface area contributed by atoms with Crippen LogP contribution in [0.15, 0.2) is 66.1 Å². The van der Waals surface area contributed by atoms with Crippen molar-refractivity contribution in [2.24, 2.45) is 11.8 Å². The van der Waals surface area contributed by atoms with Crippen molar-refractivity contribution in [3.05, 3.63) is 77.9 Å². The second-order valence-corrected chi connectivity index (χ2v) is 13.9. The summed E-state index contributed by atoms with van der Waals surface area (Å²) in [6.45, 7) is 9.99. The van der Waals surface area contributed by atoms with Crippen molar-refractivity contribution in [2.75, 3.05) is 5.75 Å². The summed E-state index contributed by atoms with van der Waals surface area (Å²) in [6, 6.07) is 13.6. The molecule has 0 amide bonds. The quantitative estimate of drug-likeness (QED) is 0.335. The summed E-state index contributed by atoms with van der Waals surface area (Å²) in [7, 11) is -3.96. The van der Waals surface area contributed by atoms with Crippen molar-refractivity contribution in [1.29, 1.82) is 0 Å². The molecule has 37 heavy (non-hydrogen) atoms. The molecule has 4 rings (SSSR count). The van der Waals surface area contributed by atoms with Crippen LogP contribution in [0, 0.1) is 18.8 Å². The first-order chi connectivity index (χ1) is 17.6. The predicted molar refractivity (Wildman–Crippen MR) is 151 cm³/mol. The van der Waals surface area contributed by atoms with Gasteiger partial charge >= 0.3 is 5.97 Å². The van der Waals surface area contributed by atoms with Gasteiger partial charge in [0.1, 0.15) is 0 Å². The zero-order valence-corrected chi connectivity index (χ0v) is 23.7. The van der Waals surface area contributed by atoms with Crippen LogP contribution in [0.2, 0.25) is 0 Å². The summed E-state index contributed by atoms with van der Waals surface area (Å²) in [6.07, 6.45) is 6.90. The van der Waals surface area contributed by atoms with Gasteiger partial charge in [0.2, 0.25) is 10.0 Å². The van der Waals surface area contributed by atoms with E-state index in [2.05, 4.69) is 20.4 Å². The number of hydrogen-bond donors (Lipinski definition) is 1. The number of hydrogen-bond acceptors (Lipinski definition) is 4. The third-order valence-corrected chi connectivity index (χ3v) is 11.3. The molecule has 2 aliphatic rings. The van der Waals surface area contributed by atoms with E-state index in [1.807, 2.05) is 31.2 Å². The van der Waals surface area contributed by atoms with Crippen molar-refractivity contribution in [3.8, 4) is 0 Å². The van der Waals surface area contributed by atoms with Crippen molar-refractivity contribution in [2.45, 2.75) is 81.0 Å². The van der Waals surface area contributed by atoms with Gasteiger partial charge in [-0.3, -0.25) is 4.79 Å². The first kappa shape index (κ1) is 27.9. The zero-order valence-electron chi connectivity index (χ0n) is 22.0. The number of benzene rings is 2. The fourth-order valence-electron chi connectivity index (χ4n) is 6.02. The number of rotatable bonds is 10. The molecule has 0 spiro atoms. The van der Waals surface area contributed by atoms with E-state index in [9.17, 15) is 18.3 Å². The lowest BCUT2D eigenvalue weighted by atomic mass is 9.90. The van der Waals surface area contributed by atoms with Gasteiger partial charge in [-0.25, -0.2) is 8.42 Å². The van der Waals surface area contributed by atoms with Crippen LogP contribution < -0.4 is 0 Å². The molecule has 1 N–H and O–H groups in total. The van der Waals surface area contributed by atoms with Gasteiger partial charge < -0.3 is 5.11 Å². The molecule has 1 aliphatic carbocycles. The van der Waals surface area contributed by atoms with E-state index >= 15 is 0 Å². The van der Waals surface area contributed by atoms with Gasteiger partial charge in [-0.2, -0.15) is 16.1 Å².